The molecule has 0 aliphatic rings. The van der Waals surface area contributed by atoms with E-state index in [1.54, 1.807) is 60.9 Å². The molecule has 0 aliphatic carbocycles. The Morgan fingerprint density at radius 1 is 0.833 bits per heavy atom. The van der Waals surface area contributed by atoms with Crippen LogP contribution in [0.4, 0.5) is 0 Å². The Morgan fingerprint density at radius 2 is 1.33 bits per heavy atom. The minimum absolute atomic E-state index is 0.371. The number of ketones is 1. The Labute approximate surface area is 185 Å². The quantitative estimate of drug-likeness (QED) is 0.131. The van der Waals surface area contributed by atoms with E-state index in [1.165, 1.54) is 0 Å². The van der Waals surface area contributed by atoms with Crippen LogP contribution in [0.5, 0.6) is 0 Å². The summed E-state index contributed by atoms with van der Waals surface area (Å²) in [4.78, 5) is 33.2. The van der Waals surface area contributed by atoms with Crippen molar-refractivity contribution in [2.45, 2.75) is 0 Å². The van der Waals surface area contributed by atoms with E-state index in [1.807, 2.05) is 0 Å². The highest BCUT2D eigenvalue weighted by Gasteiger charge is 2.08. The molecule has 0 fully saturated rings. The summed E-state index contributed by atoms with van der Waals surface area (Å²) in [6.45, 7) is 0. The lowest BCUT2D eigenvalue weighted by Gasteiger charge is -1.99. The third kappa shape index (κ3) is 5.26. The van der Waals surface area contributed by atoms with Gasteiger partial charge in [-0.1, -0.05) is 23.2 Å². The van der Waals surface area contributed by atoms with Crippen LogP contribution >= 0.6 is 34.8 Å². The molecule has 4 rings (SSSR count). The van der Waals surface area contributed by atoms with Gasteiger partial charge in [0.15, 0.2) is 0 Å². The number of carbonyl (C=O) groups is 2. The van der Waals surface area contributed by atoms with Gasteiger partial charge in [0, 0.05) is 34.3 Å². The molecule has 2 aromatic carbocycles. The van der Waals surface area contributed by atoms with Gasteiger partial charge >= 0.3 is 6.21 Å². The number of fused-ring (bicyclic) bond motifs is 2. The normalized spacial score (nSPS) is 10.1. The van der Waals surface area contributed by atoms with Gasteiger partial charge in [0.05, 0.1) is 21.1 Å². The van der Waals surface area contributed by atoms with Crippen LogP contribution in [0.3, 0.4) is 0 Å². The number of nitrogens with zero attached hydrogens (tertiary/aromatic N) is 4. The molecule has 0 aliphatic heterocycles. The van der Waals surface area contributed by atoms with E-state index < -0.39 is 5.24 Å². The first-order valence-corrected chi connectivity index (χ1v) is 9.53. The Kier molecular flexibility index (Phi) is 6.87. The fourth-order valence-corrected chi connectivity index (χ4v) is 3.06. The first-order chi connectivity index (χ1) is 14.4. The smallest absolute Gasteiger partial charge is 0.328 e. The highest BCUT2D eigenvalue weighted by atomic mass is 35.5. The zero-order chi connectivity index (χ0) is 21.7. The third-order valence-corrected chi connectivity index (χ3v) is 4.61. The molecule has 148 valence electrons. The van der Waals surface area contributed by atoms with Crippen molar-refractivity contribution in [2.75, 3.05) is 0 Å². The number of Topliss-reactive ketones (excluding diaryl/α,β-unsaturated/α-hetero) is 1. The van der Waals surface area contributed by atoms with Crippen molar-refractivity contribution in [3.8, 4) is 0 Å². The number of hydrogen-bond donors (Lipinski definition) is 0. The molecule has 0 saturated carbocycles. The van der Waals surface area contributed by atoms with Gasteiger partial charge in [-0.15, -0.1) is 0 Å². The Bertz CT molecular complexity index is 1330. The largest absolute Gasteiger partial charge is 0.361 e. The standard InChI is InChI=1S/C11H6ClN3O.C10H5Cl2NO/c12-9-4-8-3-7(11(16)6-15-13)1-2-10(8)14-5-9;11-8-4-7-3-6(10(12)14)1-2-9(7)13-5-8/h1-6H;1-5H. The van der Waals surface area contributed by atoms with Crippen LogP contribution in [0.15, 0.2) is 60.9 Å². The first-order valence-electron chi connectivity index (χ1n) is 8.39. The maximum Gasteiger partial charge on any atom is 0.328 e. The molecule has 0 spiro atoms. The second-order valence-electron chi connectivity index (χ2n) is 6.00. The summed E-state index contributed by atoms with van der Waals surface area (Å²) >= 11 is 16.9. The summed E-state index contributed by atoms with van der Waals surface area (Å²) in [7, 11) is 0. The summed E-state index contributed by atoms with van der Waals surface area (Å²) in [6.07, 6.45) is 3.95. The summed E-state index contributed by atoms with van der Waals surface area (Å²) < 4.78 is 0. The van der Waals surface area contributed by atoms with Crippen molar-refractivity contribution in [1.29, 1.82) is 0 Å². The Morgan fingerprint density at radius 3 is 1.83 bits per heavy atom. The zero-order valence-electron chi connectivity index (χ0n) is 15.1. The number of carbonyl (C=O) groups excluding carboxylic acids is 2. The van der Waals surface area contributed by atoms with Crippen molar-refractivity contribution in [3.63, 3.8) is 0 Å². The summed E-state index contributed by atoms with van der Waals surface area (Å²) in [6, 6.07) is 13.5. The second kappa shape index (κ2) is 9.57. The van der Waals surface area contributed by atoms with Crippen LogP contribution in [0.2, 0.25) is 10.0 Å². The number of rotatable bonds is 3. The van der Waals surface area contributed by atoms with Gasteiger partial charge < -0.3 is 5.53 Å². The van der Waals surface area contributed by atoms with E-state index in [4.69, 9.17) is 40.3 Å². The lowest BCUT2D eigenvalue weighted by atomic mass is 10.1. The first kappa shape index (κ1) is 21.6. The molecular formula is C21H11Cl3N4O2. The van der Waals surface area contributed by atoms with Gasteiger partial charge in [0.25, 0.3) is 11.0 Å². The third-order valence-electron chi connectivity index (χ3n) is 3.98. The van der Waals surface area contributed by atoms with Crippen LogP contribution in [0, 0.1) is 0 Å². The molecule has 4 aromatic rings. The number of hydrogen-bond acceptors (Lipinski definition) is 4. The zero-order valence-corrected chi connectivity index (χ0v) is 17.4. The minimum Gasteiger partial charge on any atom is -0.361 e. The molecule has 6 nitrogen and oxygen atoms in total. The molecule has 0 unspecified atom stereocenters. The maximum absolute atomic E-state index is 11.4. The van der Waals surface area contributed by atoms with Gasteiger partial charge in [-0.05, 0) is 60.1 Å². The maximum atomic E-state index is 11.4. The molecule has 0 N–H and O–H groups in total. The number of halogens is 3. The van der Waals surface area contributed by atoms with Gasteiger partial charge in [0.2, 0.25) is 0 Å². The molecule has 0 atom stereocenters. The fourth-order valence-electron chi connectivity index (χ4n) is 2.61. The van der Waals surface area contributed by atoms with Crippen molar-refractivity contribution in [1.82, 2.24) is 9.97 Å². The lowest BCUT2D eigenvalue weighted by molar-refractivity contribution is 0.00235. The Balaban J connectivity index is 0.000000172. The average Bonchev–Trinajstić information content (AvgIpc) is 2.73. The van der Waals surface area contributed by atoms with E-state index in [0.717, 1.165) is 28.0 Å². The van der Waals surface area contributed by atoms with Gasteiger partial charge in [0.1, 0.15) is 0 Å². The molecular weight excluding hydrogens is 447 g/mol. The Hall–Kier alpha value is -3.15. The predicted octanol–water partition coefficient (Wildman–Crippen LogP) is 5.64. The summed E-state index contributed by atoms with van der Waals surface area (Å²) in [5, 5.41) is 2.14. The van der Waals surface area contributed by atoms with E-state index in [9.17, 15) is 9.59 Å². The van der Waals surface area contributed by atoms with Crippen LogP contribution in [0.25, 0.3) is 27.3 Å². The predicted molar refractivity (Wildman–Crippen MR) is 118 cm³/mol. The van der Waals surface area contributed by atoms with Crippen molar-refractivity contribution in [2.24, 2.45) is 0 Å². The molecule has 0 bridgehead atoms. The summed E-state index contributed by atoms with van der Waals surface area (Å²) in [5.74, 6) is -0.371. The topological polar surface area (TPSA) is 96.3 Å². The molecule has 2 heterocycles. The minimum atomic E-state index is -0.480. The molecule has 2 aromatic heterocycles. The highest BCUT2D eigenvalue weighted by Crippen LogP contribution is 2.19. The van der Waals surface area contributed by atoms with E-state index in [-0.39, 0.29) is 5.78 Å². The van der Waals surface area contributed by atoms with Crippen LogP contribution in [0.1, 0.15) is 20.7 Å². The van der Waals surface area contributed by atoms with Gasteiger partial charge in [-0.3, -0.25) is 19.6 Å². The number of benzene rings is 2. The molecule has 9 heteroatoms. The second-order valence-corrected chi connectivity index (χ2v) is 7.22. The fraction of sp³-hybridized carbons (Fsp3) is 0. The van der Waals surface area contributed by atoms with Gasteiger partial charge in [-0.25, -0.2) is 0 Å². The van der Waals surface area contributed by atoms with Gasteiger partial charge in [-0.2, -0.15) is 4.79 Å². The van der Waals surface area contributed by atoms with Crippen molar-refractivity contribution >= 4 is 73.8 Å². The molecule has 30 heavy (non-hydrogen) atoms. The average molecular weight is 458 g/mol. The SMILES string of the molecule is O=C(Cl)c1ccc2ncc(Cl)cc2c1.[N-]=[N+]=CC(=O)c1ccc2ncc(Cl)cc2c1. The van der Waals surface area contributed by atoms with Crippen LogP contribution in [-0.4, -0.2) is 32.0 Å². The lowest BCUT2D eigenvalue weighted by Crippen LogP contribution is -2.00. The van der Waals surface area contributed by atoms with Crippen molar-refractivity contribution in [3.05, 3.63) is 87.6 Å². The summed E-state index contributed by atoms with van der Waals surface area (Å²) in [5.41, 5.74) is 10.7. The monoisotopic (exact) mass is 456 g/mol. The molecule has 0 radical (unpaired) electrons. The highest BCUT2D eigenvalue weighted by molar-refractivity contribution is 6.67. The molecule has 0 amide bonds. The van der Waals surface area contributed by atoms with E-state index in [0.29, 0.717) is 21.2 Å². The number of pyridine rings is 2. The van der Waals surface area contributed by atoms with Crippen LogP contribution < -0.4 is 0 Å². The molecule has 0 saturated heterocycles. The van der Waals surface area contributed by atoms with E-state index >= 15 is 0 Å². The van der Waals surface area contributed by atoms with E-state index in [2.05, 4.69) is 14.8 Å². The van der Waals surface area contributed by atoms with Crippen LogP contribution in [-0.2, 0) is 0 Å². The number of aromatic nitrogens is 2. The van der Waals surface area contributed by atoms with Crippen molar-refractivity contribution < 1.29 is 14.4 Å².